The number of rotatable bonds is 8. The Bertz CT molecular complexity index is 887. The van der Waals surface area contributed by atoms with Gasteiger partial charge in [-0.3, -0.25) is 4.79 Å². The van der Waals surface area contributed by atoms with E-state index >= 15 is 0 Å². The van der Waals surface area contributed by atoms with Gasteiger partial charge in [-0.1, -0.05) is 52.0 Å². The Hall–Kier alpha value is -2.27. The van der Waals surface area contributed by atoms with Gasteiger partial charge in [0, 0.05) is 36.0 Å². The number of nitrogens with zero attached hydrogens (tertiary/aromatic N) is 2. The molecule has 0 radical (unpaired) electrons. The van der Waals surface area contributed by atoms with Crippen molar-refractivity contribution in [2.24, 2.45) is 0 Å². The van der Waals surface area contributed by atoms with Crippen molar-refractivity contribution in [3.8, 4) is 0 Å². The molecule has 3 rings (SSSR count). The average Bonchev–Trinajstić information content (AvgIpc) is 3.08. The van der Waals surface area contributed by atoms with Gasteiger partial charge < -0.3 is 9.72 Å². The van der Waals surface area contributed by atoms with Crippen LogP contribution in [0.3, 0.4) is 0 Å². The third-order valence-electron chi connectivity index (χ3n) is 4.77. The summed E-state index contributed by atoms with van der Waals surface area (Å²) in [7, 11) is 0. The molecule has 5 heteroatoms. The number of para-hydroxylation sites is 1. The van der Waals surface area contributed by atoms with Gasteiger partial charge in [0.15, 0.2) is 0 Å². The molecule has 3 aromatic rings. The zero-order valence-electron chi connectivity index (χ0n) is 17.1. The lowest BCUT2D eigenvalue weighted by molar-refractivity contribution is -0.115. The molecule has 1 N–H and O–H groups in total. The van der Waals surface area contributed by atoms with Crippen LogP contribution in [0, 0.1) is 0 Å². The molecule has 0 saturated heterocycles. The van der Waals surface area contributed by atoms with Crippen LogP contribution >= 0.6 is 11.8 Å². The van der Waals surface area contributed by atoms with Gasteiger partial charge in [-0.25, -0.2) is 4.98 Å². The molecule has 0 unspecified atom stereocenters. The van der Waals surface area contributed by atoms with Crippen molar-refractivity contribution in [1.29, 1.82) is 0 Å². The van der Waals surface area contributed by atoms with Crippen molar-refractivity contribution in [2.75, 3.05) is 11.1 Å². The number of amides is 1. The highest BCUT2D eigenvalue weighted by Gasteiger charge is 2.15. The van der Waals surface area contributed by atoms with E-state index in [0.717, 1.165) is 28.5 Å². The summed E-state index contributed by atoms with van der Waals surface area (Å²) in [6.45, 7) is 8.67. The molecule has 0 saturated carbocycles. The van der Waals surface area contributed by atoms with E-state index in [1.165, 1.54) is 11.1 Å². The second kappa shape index (κ2) is 9.28. The van der Waals surface area contributed by atoms with E-state index in [0.29, 0.717) is 18.3 Å². The highest BCUT2D eigenvalue weighted by molar-refractivity contribution is 7.98. The summed E-state index contributed by atoms with van der Waals surface area (Å²) >= 11 is 1.74. The van der Waals surface area contributed by atoms with Crippen LogP contribution < -0.4 is 5.32 Å². The first-order chi connectivity index (χ1) is 13.5. The quantitative estimate of drug-likeness (QED) is 0.487. The first-order valence-corrected chi connectivity index (χ1v) is 11.0. The summed E-state index contributed by atoms with van der Waals surface area (Å²) < 4.78 is 2.03. The normalized spacial score (nSPS) is 11.5. The molecule has 0 bridgehead atoms. The average molecular weight is 396 g/mol. The van der Waals surface area contributed by atoms with Crippen molar-refractivity contribution in [3.05, 3.63) is 65.6 Å². The number of hydrogen-bond acceptors (Lipinski definition) is 3. The second-order valence-corrected chi connectivity index (χ2v) is 8.78. The largest absolute Gasteiger partial charge is 0.326 e. The molecule has 0 fully saturated rings. The standard InChI is InChI=1S/C23H29N3OS/c1-16(2)19-8-7-9-20(17(3)4)23(19)25-22(27)11-13-28-15-18-14-26-12-6-5-10-21(26)24-18/h5-10,12,14,16-17H,11,13,15H2,1-4H3,(H,25,27). The van der Waals surface area contributed by atoms with Gasteiger partial charge in [0.2, 0.25) is 5.91 Å². The first kappa shape index (κ1) is 20.5. The van der Waals surface area contributed by atoms with Gasteiger partial charge in [0.1, 0.15) is 5.65 Å². The zero-order chi connectivity index (χ0) is 20.1. The number of pyridine rings is 1. The Morgan fingerprint density at radius 3 is 2.43 bits per heavy atom. The third kappa shape index (κ3) is 4.96. The molecule has 0 aliphatic carbocycles. The Morgan fingerprint density at radius 1 is 1.07 bits per heavy atom. The van der Waals surface area contributed by atoms with Crippen LogP contribution in [0.15, 0.2) is 48.8 Å². The molecule has 28 heavy (non-hydrogen) atoms. The molecular weight excluding hydrogens is 366 g/mol. The number of carbonyl (C=O) groups is 1. The van der Waals surface area contributed by atoms with Gasteiger partial charge >= 0.3 is 0 Å². The highest BCUT2D eigenvalue weighted by Crippen LogP contribution is 2.32. The monoisotopic (exact) mass is 395 g/mol. The van der Waals surface area contributed by atoms with E-state index in [-0.39, 0.29) is 5.91 Å². The van der Waals surface area contributed by atoms with Crippen LogP contribution in [-0.2, 0) is 10.5 Å². The summed E-state index contributed by atoms with van der Waals surface area (Å²) in [5, 5.41) is 3.19. The Kier molecular flexibility index (Phi) is 6.79. The molecule has 1 amide bonds. The number of thioether (sulfide) groups is 1. The number of fused-ring (bicyclic) bond motifs is 1. The van der Waals surface area contributed by atoms with Gasteiger partial charge in [0.05, 0.1) is 5.69 Å². The molecule has 2 aromatic heterocycles. The number of nitrogens with one attached hydrogen (secondary N) is 1. The maximum absolute atomic E-state index is 12.6. The Morgan fingerprint density at radius 2 is 1.79 bits per heavy atom. The topological polar surface area (TPSA) is 46.4 Å². The Balaban J connectivity index is 1.56. The summed E-state index contributed by atoms with van der Waals surface area (Å²) in [6.07, 6.45) is 4.56. The summed E-state index contributed by atoms with van der Waals surface area (Å²) in [6, 6.07) is 12.3. The lowest BCUT2D eigenvalue weighted by atomic mass is 9.92. The van der Waals surface area contributed by atoms with Gasteiger partial charge in [-0.2, -0.15) is 11.8 Å². The SMILES string of the molecule is CC(C)c1cccc(C(C)C)c1NC(=O)CCSCc1cn2ccccc2n1. The van der Waals surface area contributed by atoms with Crippen LogP contribution in [0.2, 0.25) is 0 Å². The van der Waals surface area contributed by atoms with E-state index < -0.39 is 0 Å². The predicted molar refractivity (Wildman–Crippen MR) is 119 cm³/mol. The molecule has 2 heterocycles. The maximum atomic E-state index is 12.6. The summed E-state index contributed by atoms with van der Waals surface area (Å²) in [4.78, 5) is 17.2. The van der Waals surface area contributed by atoms with Crippen molar-refractivity contribution in [1.82, 2.24) is 9.38 Å². The summed E-state index contributed by atoms with van der Waals surface area (Å²) in [5.41, 5.74) is 5.42. The molecule has 0 aliphatic rings. The molecule has 0 spiro atoms. The van der Waals surface area contributed by atoms with E-state index in [9.17, 15) is 4.79 Å². The van der Waals surface area contributed by atoms with E-state index in [1.807, 2.05) is 28.8 Å². The van der Waals surface area contributed by atoms with Crippen LogP contribution in [0.5, 0.6) is 0 Å². The lowest BCUT2D eigenvalue weighted by Gasteiger charge is -2.20. The fraction of sp³-hybridized carbons (Fsp3) is 0.391. The minimum Gasteiger partial charge on any atom is -0.326 e. The lowest BCUT2D eigenvalue weighted by Crippen LogP contribution is -2.16. The number of aromatic nitrogens is 2. The minimum atomic E-state index is 0.0810. The molecule has 1 aromatic carbocycles. The fourth-order valence-electron chi connectivity index (χ4n) is 3.30. The number of imidazole rings is 1. The number of carbonyl (C=O) groups excluding carboxylic acids is 1. The number of hydrogen-bond donors (Lipinski definition) is 1. The molecule has 0 atom stereocenters. The first-order valence-electron chi connectivity index (χ1n) is 9.88. The second-order valence-electron chi connectivity index (χ2n) is 7.67. The van der Waals surface area contributed by atoms with Gasteiger partial charge in [-0.15, -0.1) is 0 Å². The van der Waals surface area contributed by atoms with Crippen LogP contribution in [0.25, 0.3) is 5.65 Å². The fourth-order valence-corrected chi connectivity index (χ4v) is 4.12. The smallest absolute Gasteiger partial charge is 0.225 e. The van der Waals surface area contributed by atoms with Crippen molar-refractivity contribution >= 4 is 29.0 Å². The maximum Gasteiger partial charge on any atom is 0.225 e. The Labute approximate surface area is 171 Å². The number of anilines is 1. The highest BCUT2D eigenvalue weighted by atomic mass is 32.2. The minimum absolute atomic E-state index is 0.0810. The van der Waals surface area contributed by atoms with Gasteiger partial charge in [-0.05, 0) is 35.1 Å². The number of benzene rings is 1. The van der Waals surface area contributed by atoms with Crippen LogP contribution in [0.4, 0.5) is 5.69 Å². The van der Waals surface area contributed by atoms with Crippen molar-refractivity contribution in [2.45, 2.75) is 51.7 Å². The van der Waals surface area contributed by atoms with E-state index in [2.05, 4.69) is 62.4 Å². The van der Waals surface area contributed by atoms with Gasteiger partial charge in [0.25, 0.3) is 0 Å². The van der Waals surface area contributed by atoms with Crippen LogP contribution in [0.1, 0.15) is 62.8 Å². The zero-order valence-corrected chi connectivity index (χ0v) is 17.9. The van der Waals surface area contributed by atoms with E-state index in [4.69, 9.17) is 0 Å². The van der Waals surface area contributed by atoms with Crippen LogP contribution in [-0.4, -0.2) is 21.0 Å². The molecular formula is C23H29N3OS. The van der Waals surface area contributed by atoms with Crippen molar-refractivity contribution < 1.29 is 4.79 Å². The summed E-state index contributed by atoms with van der Waals surface area (Å²) in [5.74, 6) is 2.42. The van der Waals surface area contributed by atoms with E-state index in [1.54, 1.807) is 11.8 Å². The molecule has 148 valence electrons. The third-order valence-corrected chi connectivity index (χ3v) is 5.77. The molecule has 0 aliphatic heterocycles. The van der Waals surface area contributed by atoms with Crippen molar-refractivity contribution in [3.63, 3.8) is 0 Å². The molecule has 4 nitrogen and oxygen atoms in total. The predicted octanol–water partition coefficient (Wildman–Crippen LogP) is 5.84.